The Morgan fingerprint density at radius 3 is 2.70 bits per heavy atom. The highest BCUT2D eigenvalue weighted by Gasteiger charge is 2.07. The summed E-state index contributed by atoms with van der Waals surface area (Å²) in [6.45, 7) is 4.29. The number of benzene rings is 1. The van der Waals surface area contributed by atoms with Gasteiger partial charge in [0.05, 0.1) is 0 Å². The summed E-state index contributed by atoms with van der Waals surface area (Å²) in [5.41, 5.74) is 3.73. The van der Waals surface area contributed by atoms with Gasteiger partial charge >= 0.3 is 0 Å². The standard InChI is InChI=1S/C14H18N4OS/c1-9(2)10-5-4-6-11(7-10)19-13-8-12(18-15)16-14(17-13)20-3/h4-9H,15H2,1-3H3,(H,16,17,18). The highest BCUT2D eigenvalue weighted by molar-refractivity contribution is 7.98. The van der Waals surface area contributed by atoms with Crippen LogP contribution in [0.4, 0.5) is 5.82 Å². The first-order valence-corrected chi connectivity index (χ1v) is 7.52. The molecule has 0 aliphatic rings. The Morgan fingerprint density at radius 2 is 2.05 bits per heavy atom. The second-order valence-electron chi connectivity index (χ2n) is 4.55. The number of nitrogens with one attached hydrogen (secondary N) is 1. The van der Waals surface area contributed by atoms with Crippen LogP contribution in [-0.2, 0) is 0 Å². The minimum absolute atomic E-state index is 0.451. The van der Waals surface area contributed by atoms with Crippen molar-refractivity contribution in [3.63, 3.8) is 0 Å². The molecule has 106 valence electrons. The first kappa shape index (κ1) is 14.6. The molecule has 0 amide bonds. The lowest BCUT2D eigenvalue weighted by molar-refractivity contribution is 0.455. The topological polar surface area (TPSA) is 73.1 Å². The van der Waals surface area contributed by atoms with E-state index in [1.54, 1.807) is 6.07 Å². The lowest BCUT2D eigenvalue weighted by Gasteiger charge is -2.10. The number of nitrogen functional groups attached to an aromatic ring is 1. The minimum atomic E-state index is 0.451. The van der Waals surface area contributed by atoms with Crippen LogP contribution in [0.25, 0.3) is 0 Å². The molecule has 0 saturated heterocycles. The highest BCUT2D eigenvalue weighted by Crippen LogP contribution is 2.26. The lowest BCUT2D eigenvalue weighted by atomic mass is 10.0. The number of aromatic nitrogens is 2. The zero-order valence-corrected chi connectivity index (χ0v) is 12.6. The molecule has 0 saturated carbocycles. The summed E-state index contributed by atoms with van der Waals surface area (Å²) in [4.78, 5) is 8.50. The molecule has 20 heavy (non-hydrogen) atoms. The van der Waals surface area contributed by atoms with Gasteiger partial charge in [-0.2, -0.15) is 4.98 Å². The zero-order chi connectivity index (χ0) is 14.5. The third-order valence-electron chi connectivity index (χ3n) is 2.76. The van der Waals surface area contributed by atoms with Crippen molar-refractivity contribution in [2.24, 2.45) is 5.84 Å². The maximum atomic E-state index is 5.79. The molecule has 0 aliphatic heterocycles. The van der Waals surface area contributed by atoms with Gasteiger partial charge < -0.3 is 10.2 Å². The third kappa shape index (κ3) is 3.61. The Morgan fingerprint density at radius 1 is 1.25 bits per heavy atom. The van der Waals surface area contributed by atoms with Crippen molar-refractivity contribution < 1.29 is 4.74 Å². The van der Waals surface area contributed by atoms with Gasteiger partial charge in [-0.1, -0.05) is 37.7 Å². The van der Waals surface area contributed by atoms with E-state index >= 15 is 0 Å². The number of hydrogen-bond acceptors (Lipinski definition) is 6. The van der Waals surface area contributed by atoms with Crippen molar-refractivity contribution >= 4 is 17.6 Å². The molecule has 2 aromatic rings. The number of hydrogen-bond donors (Lipinski definition) is 2. The van der Waals surface area contributed by atoms with Crippen LogP contribution in [0.1, 0.15) is 25.3 Å². The molecule has 0 unspecified atom stereocenters. The average molecular weight is 290 g/mol. The molecule has 1 heterocycles. The fourth-order valence-electron chi connectivity index (χ4n) is 1.68. The maximum Gasteiger partial charge on any atom is 0.225 e. The van der Waals surface area contributed by atoms with Gasteiger partial charge in [0.2, 0.25) is 5.88 Å². The van der Waals surface area contributed by atoms with Gasteiger partial charge in [-0.05, 0) is 29.9 Å². The minimum Gasteiger partial charge on any atom is -0.439 e. The Balaban J connectivity index is 2.27. The monoisotopic (exact) mass is 290 g/mol. The van der Waals surface area contributed by atoms with Gasteiger partial charge in [0.1, 0.15) is 11.6 Å². The molecular formula is C14H18N4OS. The van der Waals surface area contributed by atoms with Crippen LogP contribution in [-0.4, -0.2) is 16.2 Å². The maximum absolute atomic E-state index is 5.79. The molecule has 0 spiro atoms. The van der Waals surface area contributed by atoms with Crippen molar-refractivity contribution in [1.29, 1.82) is 0 Å². The number of thioether (sulfide) groups is 1. The summed E-state index contributed by atoms with van der Waals surface area (Å²) < 4.78 is 5.79. The normalized spacial score (nSPS) is 10.7. The molecule has 5 nitrogen and oxygen atoms in total. The van der Waals surface area contributed by atoms with Crippen molar-refractivity contribution in [3.8, 4) is 11.6 Å². The van der Waals surface area contributed by atoms with E-state index in [0.717, 1.165) is 5.75 Å². The largest absolute Gasteiger partial charge is 0.439 e. The Hall–Kier alpha value is -1.79. The van der Waals surface area contributed by atoms with Crippen LogP contribution in [0.2, 0.25) is 0 Å². The average Bonchev–Trinajstić information content (AvgIpc) is 2.47. The molecule has 0 radical (unpaired) electrons. The molecule has 0 fully saturated rings. The van der Waals surface area contributed by atoms with E-state index in [0.29, 0.717) is 22.8 Å². The van der Waals surface area contributed by atoms with Crippen LogP contribution >= 0.6 is 11.8 Å². The van der Waals surface area contributed by atoms with Crippen LogP contribution < -0.4 is 16.0 Å². The third-order valence-corrected chi connectivity index (χ3v) is 3.31. The van der Waals surface area contributed by atoms with Crippen LogP contribution in [0, 0.1) is 0 Å². The molecular weight excluding hydrogens is 272 g/mol. The number of ether oxygens (including phenoxy) is 1. The van der Waals surface area contributed by atoms with Crippen LogP contribution in [0.3, 0.4) is 0 Å². The molecule has 1 aromatic carbocycles. The van der Waals surface area contributed by atoms with E-state index in [2.05, 4.69) is 35.3 Å². The summed E-state index contributed by atoms with van der Waals surface area (Å²) in [6, 6.07) is 9.65. The molecule has 0 bridgehead atoms. The van der Waals surface area contributed by atoms with Crippen molar-refractivity contribution in [3.05, 3.63) is 35.9 Å². The smallest absolute Gasteiger partial charge is 0.225 e. The number of hydrazine groups is 1. The van der Waals surface area contributed by atoms with Crippen molar-refractivity contribution in [1.82, 2.24) is 9.97 Å². The van der Waals surface area contributed by atoms with Gasteiger partial charge in [-0.25, -0.2) is 10.8 Å². The molecule has 6 heteroatoms. The van der Waals surface area contributed by atoms with E-state index in [-0.39, 0.29) is 0 Å². The zero-order valence-electron chi connectivity index (χ0n) is 11.8. The SMILES string of the molecule is CSc1nc(NN)cc(Oc2cccc(C(C)C)c2)n1. The van der Waals surface area contributed by atoms with Gasteiger partial charge in [-0.3, -0.25) is 0 Å². The van der Waals surface area contributed by atoms with Crippen molar-refractivity contribution in [2.75, 3.05) is 11.7 Å². The molecule has 1 aromatic heterocycles. The summed E-state index contributed by atoms with van der Waals surface area (Å²) in [6.07, 6.45) is 1.90. The van der Waals surface area contributed by atoms with E-state index in [1.165, 1.54) is 17.3 Å². The quantitative estimate of drug-likeness (QED) is 0.380. The molecule has 0 aliphatic carbocycles. The Kier molecular flexibility index (Phi) is 4.81. The first-order valence-electron chi connectivity index (χ1n) is 6.30. The second kappa shape index (κ2) is 6.58. The number of rotatable bonds is 5. The number of anilines is 1. The Labute approximate surface area is 122 Å². The van der Waals surface area contributed by atoms with E-state index in [4.69, 9.17) is 10.6 Å². The summed E-state index contributed by atoms with van der Waals surface area (Å²) in [7, 11) is 0. The molecule has 3 N–H and O–H groups in total. The van der Waals surface area contributed by atoms with Gasteiger partial charge in [0.15, 0.2) is 5.16 Å². The molecule has 0 atom stereocenters. The first-order chi connectivity index (χ1) is 9.62. The van der Waals surface area contributed by atoms with Gasteiger partial charge in [0.25, 0.3) is 0 Å². The van der Waals surface area contributed by atoms with Crippen molar-refractivity contribution in [2.45, 2.75) is 24.9 Å². The van der Waals surface area contributed by atoms with Gasteiger partial charge in [0, 0.05) is 6.07 Å². The predicted octanol–water partition coefficient (Wildman–Crippen LogP) is 3.40. The predicted molar refractivity (Wildman–Crippen MR) is 82.2 cm³/mol. The van der Waals surface area contributed by atoms with E-state index < -0.39 is 0 Å². The summed E-state index contributed by atoms with van der Waals surface area (Å²) in [5.74, 6) is 7.60. The number of nitrogens with zero attached hydrogens (tertiary/aromatic N) is 2. The van der Waals surface area contributed by atoms with E-state index in [1.807, 2.05) is 24.5 Å². The summed E-state index contributed by atoms with van der Waals surface area (Å²) in [5, 5.41) is 0.607. The highest BCUT2D eigenvalue weighted by atomic mass is 32.2. The number of nitrogens with two attached hydrogens (primary N) is 1. The fraction of sp³-hybridized carbons (Fsp3) is 0.286. The Bertz CT molecular complexity index is 567. The van der Waals surface area contributed by atoms with Crippen LogP contribution in [0.5, 0.6) is 11.6 Å². The lowest BCUT2D eigenvalue weighted by Crippen LogP contribution is -2.09. The van der Waals surface area contributed by atoms with Crippen LogP contribution in [0.15, 0.2) is 35.5 Å². The fourth-order valence-corrected chi connectivity index (χ4v) is 2.05. The molecule has 2 rings (SSSR count). The van der Waals surface area contributed by atoms with E-state index in [9.17, 15) is 0 Å². The van der Waals surface area contributed by atoms with Gasteiger partial charge in [-0.15, -0.1) is 0 Å². The summed E-state index contributed by atoms with van der Waals surface area (Å²) >= 11 is 1.43. The second-order valence-corrected chi connectivity index (χ2v) is 5.33.